The summed E-state index contributed by atoms with van der Waals surface area (Å²) >= 11 is 1.36. The molecular weight excluding hydrogens is 341 g/mol. The Morgan fingerprint density at radius 2 is 1.80 bits per heavy atom. The predicted molar refractivity (Wildman–Crippen MR) is 93.0 cm³/mol. The topological polar surface area (TPSA) is 57.6 Å². The summed E-state index contributed by atoms with van der Waals surface area (Å²) in [7, 11) is 0. The lowest BCUT2D eigenvalue weighted by Gasteiger charge is -2.15. The normalized spacial score (nSPS) is 23.0. The van der Waals surface area contributed by atoms with Crippen molar-refractivity contribution in [1.82, 2.24) is 4.90 Å². The van der Waals surface area contributed by atoms with Crippen LogP contribution in [0.1, 0.15) is 22.5 Å². The molecule has 6 heteroatoms. The monoisotopic (exact) mass is 359 g/mol. The molecular formula is C19H18FNO3S. The summed E-state index contributed by atoms with van der Waals surface area (Å²) in [6.07, 6.45) is 2.15. The highest BCUT2D eigenvalue weighted by Gasteiger charge is 2.47. The first-order valence-corrected chi connectivity index (χ1v) is 9.22. The Balaban J connectivity index is 1.51. The second kappa shape index (κ2) is 6.26. The van der Waals surface area contributed by atoms with Gasteiger partial charge in [-0.25, -0.2) is 4.39 Å². The second-order valence-corrected chi connectivity index (χ2v) is 7.91. The van der Waals surface area contributed by atoms with Gasteiger partial charge in [-0.15, -0.1) is 11.3 Å². The maximum absolute atomic E-state index is 13.0. The van der Waals surface area contributed by atoms with E-state index in [9.17, 15) is 19.1 Å². The number of carbonyl (C=O) groups excluding carboxylic acids is 1. The molecule has 2 atom stereocenters. The van der Waals surface area contributed by atoms with E-state index in [1.54, 1.807) is 23.1 Å². The average Bonchev–Trinajstić information content (AvgIpc) is 3.16. The smallest absolute Gasteiger partial charge is 0.308 e. The Bertz CT molecular complexity index is 812. The molecule has 0 spiro atoms. The molecule has 1 aliphatic heterocycles. The summed E-state index contributed by atoms with van der Waals surface area (Å²) in [6.45, 7) is 0.823. The molecule has 1 aromatic carbocycles. The minimum Gasteiger partial charge on any atom is -0.481 e. The largest absolute Gasteiger partial charge is 0.481 e. The summed E-state index contributed by atoms with van der Waals surface area (Å²) < 4.78 is 13.0. The molecule has 0 bridgehead atoms. The standard InChI is InChI=1S/C19H18FNO3S/c20-13-5-3-12(4-6-13)16-7-8-17(25-16)18(22)21-9-14(11-1-2-11)15(10-21)19(23)24/h3-8,11,14-15H,1-2,9-10H2,(H,23,24)/t14-,15+/m1/s1. The first-order chi connectivity index (χ1) is 12.0. The van der Waals surface area contributed by atoms with Crippen LogP contribution in [0.15, 0.2) is 36.4 Å². The van der Waals surface area contributed by atoms with E-state index in [4.69, 9.17) is 0 Å². The maximum atomic E-state index is 13.0. The summed E-state index contributed by atoms with van der Waals surface area (Å²) in [4.78, 5) is 27.5. The Labute approximate surface area is 148 Å². The highest BCUT2D eigenvalue weighted by molar-refractivity contribution is 7.17. The summed E-state index contributed by atoms with van der Waals surface area (Å²) in [5.41, 5.74) is 0.867. The van der Waals surface area contributed by atoms with Gasteiger partial charge in [-0.3, -0.25) is 9.59 Å². The van der Waals surface area contributed by atoms with Gasteiger partial charge < -0.3 is 10.0 Å². The minimum absolute atomic E-state index is 0.0815. The number of nitrogens with zero attached hydrogens (tertiary/aromatic N) is 1. The number of carbonyl (C=O) groups is 2. The van der Waals surface area contributed by atoms with Gasteiger partial charge in [0, 0.05) is 18.0 Å². The van der Waals surface area contributed by atoms with Crippen LogP contribution in [0, 0.1) is 23.6 Å². The predicted octanol–water partition coefficient (Wildman–Crippen LogP) is 3.74. The lowest BCUT2D eigenvalue weighted by Crippen LogP contribution is -2.29. The van der Waals surface area contributed by atoms with Crippen LogP contribution in [0.5, 0.6) is 0 Å². The number of hydrogen-bond donors (Lipinski definition) is 1. The van der Waals surface area contributed by atoms with Crippen molar-refractivity contribution in [3.8, 4) is 10.4 Å². The minimum atomic E-state index is -0.801. The molecule has 130 valence electrons. The van der Waals surface area contributed by atoms with E-state index >= 15 is 0 Å². The van der Waals surface area contributed by atoms with Gasteiger partial charge in [-0.1, -0.05) is 12.1 Å². The van der Waals surface area contributed by atoms with Gasteiger partial charge in [0.1, 0.15) is 5.82 Å². The SMILES string of the molecule is O=C(O)[C@H]1CN(C(=O)c2ccc(-c3ccc(F)cc3)s2)C[C@@H]1C1CC1. The fraction of sp³-hybridized carbons (Fsp3) is 0.368. The molecule has 1 N–H and O–H groups in total. The van der Waals surface area contributed by atoms with Gasteiger partial charge >= 0.3 is 5.97 Å². The van der Waals surface area contributed by atoms with Crippen molar-refractivity contribution in [3.05, 3.63) is 47.1 Å². The number of rotatable bonds is 4. The Kier molecular flexibility index (Phi) is 4.07. The van der Waals surface area contributed by atoms with Crippen LogP contribution in [0.2, 0.25) is 0 Å². The van der Waals surface area contributed by atoms with Crippen molar-refractivity contribution in [1.29, 1.82) is 0 Å². The molecule has 25 heavy (non-hydrogen) atoms. The van der Waals surface area contributed by atoms with Crippen LogP contribution < -0.4 is 0 Å². The van der Waals surface area contributed by atoms with E-state index in [0.717, 1.165) is 23.3 Å². The van der Waals surface area contributed by atoms with E-state index in [2.05, 4.69) is 0 Å². The molecule has 1 aliphatic carbocycles. The van der Waals surface area contributed by atoms with Crippen LogP contribution in [0.3, 0.4) is 0 Å². The van der Waals surface area contributed by atoms with Crippen LogP contribution in [-0.2, 0) is 4.79 Å². The number of thiophene rings is 1. The highest BCUT2D eigenvalue weighted by Crippen LogP contribution is 2.44. The van der Waals surface area contributed by atoms with Crippen LogP contribution in [0.4, 0.5) is 4.39 Å². The van der Waals surface area contributed by atoms with Crippen LogP contribution in [0.25, 0.3) is 10.4 Å². The first kappa shape index (κ1) is 16.3. The number of hydrogen-bond acceptors (Lipinski definition) is 3. The van der Waals surface area contributed by atoms with Crippen molar-refractivity contribution < 1.29 is 19.1 Å². The lowest BCUT2D eigenvalue weighted by molar-refractivity contribution is -0.142. The lowest BCUT2D eigenvalue weighted by atomic mass is 9.92. The number of halogens is 1. The Hall–Kier alpha value is -2.21. The molecule has 4 rings (SSSR count). The number of carboxylic acids is 1. The first-order valence-electron chi connectivity index (χ1n) is 8.41. The van der Waals surface area contributed by atoms with Gasteiger partial charge in [0.15, 0.2) is 0 Å². The quantitative estimate of drug-likeness (QED) is 0.905. The van der Waals surface area contributed by atoms with Gasteiger partial charge in [0.05, 0.1) is 10.8 Å². The highest BCUT2D eigenvalue weighted by atomic mass is 32.1. The zero-order chi connectivity index (χ0) is 17.6. The third-order valence-corrected chi connectivity index (χ3v) is 6.26. The average molecular weight is 359 g/mol. The van der Waals surface area contributed by atoms with Gasteiger partial charge in [-0.05, 0) is 54.5 Å². The van der Waals surface area contributed by atoms with Crippen molar-refractivity contribution >= 4 is 23.2 Å². The number of amides is 1. The fourth-order valence-electron chi connectivity index (χ4n) is 3.64. The maximum Gasteiger partial charge on any atom is 0.308 e. The van der Waals surface area contributed by atoms with Crippen molar-refractivity contribution in [2.45, 2.75) is 12.8 Å². The van der Waals surface area contributed by atoms with Gasteiger partial charge in [0.2, 0.25) is 0 Å². The molecule has 1 saturated heterocycles. The van der Waals surface area contributed by atoms with Gasteiger partial charge in [0.25, 0.3) is 5.91 Å². The Morgan fingerprint density at radius 1 is 1.08 bits per heavy atom. The van der Waals surface area contributed by atoms with Crippen molar-refractivity contribution in [2.75, 3.05) is 13.1 Å². The summed E-state index contributed by atoms with van der Waals surface area (Å²) in [6, 6.07) is 9.80. The van der Waals surface area contributed by atoms with E-state index < -0.39 is 11.9 Å². The molecule has 1 aromatic heterocycles. The third kappa shape index (κ3) is 3.18. The van der Waals surface area contributed by atoms with Crippen molar-refractivity contribution in [3.63, 3.8) is 0 Å². The number of benzene rings is 1. The molecule has 2 fully saturated rings. The third-order valence-electron chi connectivity index (χ3n) is 5.14. The fourth-order valence-corrected chi connectivity index (χ4v) is 4.62. The number of likely N-dealkylation sites (tertiary alicyclic amines) is 1. The van der Waals surface area contributed by atoms with Crippen LogP contribution >= 0.6 is 11.3 Å². The molecule has 4 nitrogen and oxygen atoms in total. The Morgan fingerprint density at radius 3 is 2.44 bits per heavy atom. The van der Waals surface area contributed by atoms with E-state index in [1.807, 2.05) is 6.07 Å². The zero-order valence-corrected chi connectivity index (χ0v) is 14.3. The molecule has 2 heterocycles. The van der Waals surface area contributed by atoms with Crippen molar-refractivity contribution in [2.24, 2.45) is 17.8 Å². The second-order valence-electron chi connectivity index (χ2n) is 6.83. The molecule has 0 unspecified atom stereocenters. The number of aliphatic carboxylic acids is 1. The number of carboxylic acid groups (broad SMARTS) is 1. The van der Waals surface area contributed by atoms with E-state index in [1.165, 1.54) is 23.5 Å². The van der Waals surface area contributed by atoms with Crippen LogP contribution in [-0.4, -0.2) is 35.0 Å². The molecule has 2 aromatic rings. The summed E-state index contributed by atoms with van der Waals surface area (Å²) in [5, 5.41) is 9.44. The molecule has 0 radical (unpaired) electrons. The molecule has 1 amide bonds. The van der Waals surface area contributed by atoms with E-state index in [0.29, 0.717) is 23.9 Å². The molecule has 2 aliphatic rings. The van der Waals surface area contributed by atoms with E-state index in [-0.39, 0.29) is 17.6 Å². The zero-order valence-electron chi connectivity index (χ0n) is 13.5. The summed E-state index contributed by atoms with van der Waals surface area (Å²) in [5.74, 6) is -1.11. The molecule has 1 saturated carbocycles. The van der Waals surface area contributed by atoms with Gasteiger partial charge in [-0.2, -0.15) is 0 Å².